The second-order valence-electron chi connectivity index (χ2n) is 8.25. The summed E-state index contributed by atoms with van der Waals surface area (Å²) >= 11 is 9.86. The van der Waals surface area contributed by atoms with Crippen molar-refractivity contribution in [2.24, 2.45) is 11.8 Å². The van der Waals surface area contributed by atoms with E-state index in [4.69, 9.17) is 11.6 Å². The standard InChI is InChI=1S/C22H17BrClN3O3/c23-12-6-1-2-8-14(12)27-19(28)16-15-9-4-10-26(15)22(17(16)20(27)29)11-5-3-7-13(24)18(11)25-21(22)30/h1-3,5-8,15-17H,4,9-10H2,(H,25,30)/t15-,16+,17-,22-/m0/s1. The largest absolute Gasteiger partial charge is 0.323 e. The van der Waals surface area contributed by atoms with Crippen molar-refractivity contribution in [3.63, 3.8) is 0 Å². The second-order valence-corrected chi connectivity index (χ2v) is 9.51. The third kappa shape index (κ3) is 2.01. The van der Waals surface area contributed by atoms with Crippen LogP contribution in [0.5, 0.6) is 0 Å². The van der Waals surface area contributed by atoms with Gasteiger partial charge in [-0.05, 0) is 53.5 Å². The molecule has 8 heteroatoms. The minimum absolute atomic E-state index is 0.144. The first-order chi connectivity index (χ1) is 14.5. The summed E-state index contributed by atoms with van der Waals surface area (Å²) in [6, 6.07) is 12.4. The minimum Gasteiger partial charge on any atom is -0.323 e. The molecule has 4 aliphatic rings. The van der Waals surface area contributed by atoms with Gasteiger partial charge in [0.1, 0.15) is 5.54 Å². The quantitative estimate of drug-likeness (QED) is 0.626. The van der Waals surface area contributed by atoms with E-state index in [2.05, 4.69) is 26.1 Å². The summed E-state index contributed by atoms with van der Waals surface area (Å²) < 4.78 is 0.670. The van der Waals surface area contributed by atoms with E-state index in [1.54, 1.807) is 30.3 Å². The van der Waals surface area contributed by atoms with Crippen molar-refractivity contribution in [1.82, 2.24) is 4.90 Å². The maximum atomic E-state index is 13.8. The number of carbonyl (C=O) groups excluding carboxylic acids is 3. The molecule has 4 aliphatic heterocycles. The summed E-state index contributed by atoms with van der Waals surface area (Å²) in [7, 11) is 0. The first-order valence-electron chi connectivity index (χ1n) is 9.97. The highest BCUT2D eigenvalue weighted by Crippen LogP contribution is 2.61. The Labute approximate surface area is 186 Å². The van der Waals surface area contributed by atoms with E-state index in [0.717, 1.165) is 12.8 Å². The molecule has 2 aromatic rings. The lowest BCUT2D eigenvalue weighted by Crippen LogP contribution is -2.54. The zero-order valence-electron chi connectivity index (χ0n) is 15.8. The number of rotatable bonds is 1. The van der Waals surface area contributed by atoms with Crippen molar-refractivity contribution >= 4 is 56.6 Å². The predicted octanol–water partition coefficient (Wildman–Crippen LogP) is 3.53. The molecular formula is C22H17BrClN3O3. The Bertz CT molecular complexity index is 1150. The van der Waals surface area contributed by atoms with Gasteiger partial charge in [0, 0.05) is 16.1 Å². The van der Waals surface area contributed by atoms with Gasteiger partial charge in [0.15, 0.2) is 0 Å². The van der Waals surface area contributed by atoms with Gasteiger partial charge < -0.3 is 5.32 Å². The van der Waals surface area contributed by atoms with E-state index in [9.17, 15) is 14.4 Å². The molecule has 0 radical (unpaired) electrons. The van der Waals surface area contributed by atoms with Crippen LogP contribution < -0.4 is 10.2 Å². The van der Waals surface area contributed by atoms with Crippen molar-refractivity contribution in [3.05, 3.63) is 57.5 Å². The number of nitrogens with zero attached hydrogens (tertiary/aromatic N) is 2. The van der Waals surface area contributed by atoms with Crippen LogP contribution in [0, 0.1) is 11.8 Å². The number of imide groups is 1. The fraction of sp³-hybridized carbons (Fsp3) is 0.318. The van der Waals surface area contributed by atoms with Crippen LogP contribution in [0.15, 0.2) is 46.9 Å². The normalized spacial score (nSPS) is 32.0. The molecule has 30 heavy (non-hydrogen) atoms. The van der Waals surface area contributed by atoms with Crippen LogP contribution in [0.25, 0.3) is 0 Å². The number of carbonyl (C=O) groups is 3. The lowest BCUT2D eigenvalue weighted by molar-refractivity contribution is -0.135. The lowest BCUT2D eigenvalue weighted by atomic mass is 9.75. The van der Waals surface area contributed by atoms with E-state index in [0.29, 0.717) is 33.0 Å². The molecule has 0 aliphatic carbocycles. The van der Waals surface area contributed by atoms with Gasteiger partial charge in [0.25, 0.3) is 5.91 Å². The Morgan fingerprint density at radius 2 is 1.87 bits per heavy atom. The fourth-order valence-corrected chi connectivity index (χ4v) is 6.75. The molecule has 6 nitrogen and oxygen atoms in total. The van der Waals surface area contributed by atoms with Crippen LogP contribution in [0.2, 0.25) is 5.02 Å². The highest BCUT2D eigenvalue weighted by molar-refractivity contribution is 9.10. The summed E-state index contributed by atoms with van der Waals surface area (Å²) in [5.74, 6) is -2.15. The highest BCUT2D eigenvalue weighted by atomic mass is 79.9. The van der Waals surface area contributed by atoms with Crippen LogP contribution in [0.1, 0.15) is 18.4 Å². The number of hydrogen-bond donors (Lipinski definition) is 1. The Kier molecular flexibility index (Phi) is 3.80. The molecule has 3 amide bonds. The van der Waals surface area contributed by atoms with Crippen LogP contribution in [0.4, 0.5) is 11.4 Å². The molecular weight excluding hydrogens is 470 g/mol. The summed E-state index contributed by atoms with van der Waals surface area (Å²) in [5, 5.41) is 3.36. The van der Waals surface area contributed by atoms with Crippen LogP contribution >= 0.6 is 27.5 Å². The Balaban J connectivity index is 1.59. The molecule has 2 aromatic carbocycles. The summed E-state index contributed by atoms with van der Waals surface area (Å²) in [4.78, 5) is 44.4. The van der Waals surface area contributed by atoms with Crippen molar-refractivity contribution < 1.29 is 14.4 Å². The van der Waals surface area contributed by atoms with E-state index in [1.807, 2.05) is 12.1 Å². The molecule has 6 rings (SSSR count). The fourth-order valence-electron chi connectivity index (χ4n) is 6.06. The zero-order valence-corrected chi connectivity index (χ0v) is 18.1. The highest BCUT2D eigenvalue weighted by Gasteiger charge is 2.74. The summed E-state index contributed by atoms with van der Waals surface area (Å²) in [6.07, 6.45) is 1.67. The maximum absolute atomic E-state index is 13.8. The molecule has 3 fully saturated rings. The van der Waals surface area contributed by atoms with Gasteiger partial charge in [0.05, 0.1) is 28.2 Å². The number of para-hydroxylation sites is 2. The smallest absolute Gasteiger partial charge is 0.250 e. The molecule has 4 heterocycles. The van der Waals surface area contributed by atoms with E-state index >= 15 is 0 Å². The Morgan fingerprint density at radius 1 is 1.07 bits per heavy atom. The molecule has 152 valence electrons. The van der Waals surface area contributed by atoms with Gasteiger partial charge in [0.2, 0.25) is 11.8 Å². The number of hydrogen-bond acceptors (Lipinski definition) is 4. The average molecular weight is 487 g/mol. The summed E-state index contributed by atoms with van der Waals surface area (Å²) in [6.45, 7) is 0.673. The number of nitrogens with one attached hydrogen (secondary N) is 1. The number of fused-ring (bicyclic) bond motifs is 7. The van der Waals surface area contributed by atoms with Gasteiger partial charge in [-0.15, -0.1) is 0 Å². The van der Waals surface area contributed by atoms with E-state index in [-0.39, 0.29) is 23.8 Å². The van der Waals surface area contributed by atoms with Gasteiger partial charge in [-0.1, -0.05) is 35.9 Å². The van der Waals surface area contributed by atoms with Crippen molar-refractivity contribution in [3.8, 4) is 0 Å². The molecule has 0 aromatic heterocycles. The minimum atomic E-state index is -1.20. The molecule has 4 atom stereocenters. The monoisotopic (exact) mass is 485 g/mol. The molecule has 0 bridgehead atoms. The van der Waals surface area contributed by atoms with Crippen molar-refractivity contribution in [1.29, 1.82) is 0 Å². The average Bonchev–Trinajstić information content (AvgIpc) is 3.42. The molecule has 1 N–H and O–H groups in total. The van der Waals surface area contributed by atoms with Gasteiger partial charge in [-0.2, -0.15) is 0 Å². The zero-order chi connectivity index (χ0) is 20.8. The topological polar surface area (TPSA) is 69.7 Å². The molecule has 0 saturated carbocycles. The van der Waals surface area contributed by atoms with Crippen LogP contribution in [0.3, 0.4) is 0 Å². The first-order valence-corrected chi connectivity index (χ1v) is 11.1. The summed E-state index contributed by atoms with van der Waals surface area (Å²) in [5.41, 5.74) is 0.574. The maximum Gasteiger partial charge on any atom is 0.250 e. The number of anilines is 2. The SMILES string of the molecule is O=C1[C@H]2[C@@H](C(=O)N1c1ccccc1Br)[C@@]1(C(=O)Nc3c(Cl)cccc31)N1CCC[C@@H]21. The Morgan fingerprint density at radius 3 is 2.67 bits per heavy atom. The third-order valence-corrected chi connectivity index (χ3v) is 8.06. The van der Waals surface area contributed by atoms with Crippen LogP contribution in [-0.4, -0.2) is 35.2 Å². The molecule has 3 saturated heterocycles. The van der Waals surface area contributed by atoms with E-state index < -0.39 is 17.4 Å². The van der Waals surface area contributed by atoms with Gasteiger partial charge in [-0.3, -0.25) is 19.3 Å². The second kappa shape index (κ2) is 6.15. The van der Waals surface area contributed by atoms with Crippen LogP contribution in [-0.2, 0) is 19.9 Å². The van der Waals surface area contributed by atoms with Gasteiger partial charge in [-0.25, -0.2) is 4.90 Å². The Hall–Kier alpha value is -2.22. The predicted molar refractivity (Wildman–Crippen MR) is 115 cm³/mol. The lowest BCUT2D eigenvalue weighted by Gasteiger charge is -2.36. The van der Waals surface area contributed by atoms with Gasteiger partial charge >= 0.3 is 0 Å². The van der Waals surface area contributed by atoms with E-state index in [1.165, 1.54) is 4.90 Å². The van der Waals surface area contributed by atoms with Crippen molar-refractivity contribution in [2.45, 2.75) is 24.4 Å². The molecule has 1 spiro atoms. The first kappa shape index (κ1) is 18.5. The molecule has 0 unspecified atom stereocenters. The number of benzene rings is 2. The third-order valence-electron chi connectivity index (χ3n) is 7.07. The van der Waals surface area contributed by atoms with Crippen molar-refractivity contribution in [2.75, 3.05) is 16.8 Å². The number of halogens is 2. The number of amides is 3.